The van der Waals surface area contributed by atoms with Crippen LogP contribution in [-0.4, -0.2) is 47.8 Å². The van der Waals surface area contributed by atoms with Gasteiger partial charge in [0.05, 0.1) is 5.69 Å². The average Bonchev–Trinajstić information content (AvgIpc) is 2.72. The Bertz CT molecular complexity index is 951. The van der Waals surface area contributed by atoms with Gasteiger partial charge in [0.15, 0.2) is 0 Å². The Morgan fingerprint density at radius 3 is 2.35 bits per heavy atom. The smallest absolute Gasteiger partial charge is 0.410 e. The van der Waals surface area contributed by atoms with E-state index in [1.807, 2.05) is 32.9 Å². The van der Waals surface area contributed by atoms with Gasteiger partial charge in [0.2, 0.25) is 0 Å². The number of nitrogens with zero attached hydrogens (tertiary/aromatic N) is 3. The van der Waals surface area contributed by atoms with Gasteiger partial charge >= 0.3 is 6.09 Å². The van der Waals surface area contributed by atoms with E-state index in [1.165, 1.54) is 11.1 Å². The number of benzene rings is 1. The zero-order valence-electron chi connectivity index (χ0n) is 19.7. The Hall–Kier alpha value is -2.82. The fourth-order valence-corrected chi connectivity index (χ4v) is 3.79. The number of hydrogen-bond acceptors (Lipinski definition) is 4. The number of allylic oxidation sites excluding steroid dienone is 1. The summed E-state index contributed by atoms with van der Waals surface area (Å²) in [6, 6.07) is 12.7. The van der Waals surface area contributed by atoms with Crippen LogP contribution < -0.4 is 4.90 Å². The minimum atomic E-state index is -0.474. The van der Waals surface area contributed by atoms with Gasteiger partial charge in [-0.05, 0) is 62.9 Å². The molecule has 3 rings (SSSR count). The SMILES string of the molecule is C=C(C)c1cc(-c2cccc(N3CCN(C(=O)OC(C)(C)C)CC3)n2)ccc1C(C)C. The fraction of sp³-hybridized carbons (Fsp3) is 0.462. The van der Waals surface area contributed by atoms with Gasteiger partial charge in [-0.15, -0.1) is 0 Å². The van der Waals surface area contributed by atoms with Crippen LogP contribution in [0.5, 0.6) is 0 Å². The first-order valence-electron chi connectivity index (χ1n) is 11.1. The van der Waals surface area contributed by atoms with Crippen LogP contribution in [0, 0.1) is 0 Å². The summed E-state index contributed by atoms with van der Waals surface area (Å²) < 4.78 is 5.50. The summed E-state index contributed by atoms with van der Waals surface area (Å²) in [5.41, 5.74) is 5.15. The van der Waals surface area contributed by atoms with Gasteiger partial charge in [-0.25, -0.2) is 9.78 Å². The van der Waals surface area contributed by atoms with E-state index in [9.17, 15) is 4.79 Å². The molecule has 1 aromatic carbocycles. The highest BCUT2D eigenvalue weighted by Gasteiger charge is 2.26. The van der Waals surface area contributed by atoms with E-state index in [0.717, 1.165) is 35.7 Å². The minimum absolute atomic E-state index is 0.244. The molecular weight excluding hydrogens is 386 g/mol. The van der Waals surface area contributed by atoms with Crippen LogP contribution >= 0.6 is 0 Å². The molecule has 0 bridgehead atoms. The lowest BCUT2D eigenvalue weighted by atomic mass is 9.91. The molecule has 1 aliphatic rings. The van der Waals surface area contributed by atoms with Crippen LogP contribution in [0.2, 0.25) is 0 Å². The molecule has 0 aliphatic carbocycles. The molecule has 0 spiro atoms. The van der Waals surface area contributed by atoms with Crippen molar-refractivity contribution in [1.29, 1.82) is 0 Å². The van der Waals surface area contributed by atoms with Crippen molar-refractivity contribution < 1.29 is 9.53 Å². The van der Waals surface area contributed by atoms with Crippen LogP contribution in [0.15, 0.2) is 43.0 Å². The van der Waals surface area contributed by atoms with E-state index in [-0.39, 0.29) is 6.09 Å². The molecule has 0 radical (unpaired) electrons. The quantitative estimate of drug-likeness (QED) is 0.611. The number of hydrogen-bond donors (Lipinski definition) is 0. The summed E-state index contributed by atoms with van der Waals surface area (Å²) in [4.78, 5) is 21.3. The monoisotopic (exact) mass is 421 g/mol. The maximum atomic E-state index is 12.3. The first-order valence-corrected chi connectivity index (χ1v) is 11.1. The van der Waals surface area contributed by atoms with E-state index >= 15 is 0 Å². The number of amides is 1. The first kappa shape index (κ1) is 22.9. The standard InChI is InChI=1S/C26H35N3O2/c1-18(2)21-12-11-20(17-22(21)19(3)4)23-9-8-10-24(27-23)28-13-15-29(16-14-28)25(30)31-26(5,6)7/h8-12,17-18H,3,13-16H2,1-2,4-7H3. The Morgan fingerprint density at radius 1 is 1.10 bits per heavy atom. The van der Waals surface area contributed by atoms with Crippen LogP contribution in [0.4, 0.5) is 10.6 Å². The van der Waals surface area contributed by atoms with Crippen molar-refractivity contribution in [2.45, 2.75) is 53.1 Å². The van der Waals surface area contributed by atoms with Crippen molar-refractivity contribution in [3.05, 3.63) is 54.1 Å². The van der Waals surface area contributed by atoms with Gasteiger partial charge in [-0.2, -0.15) is 0 Å². The number of pyridine rings is 1. The summed E-state index contributed by atoms with van der Waals surface area (Å²) in [5.74, 6) is 1.38. The number of ether oxygens (including phenoxy) is 1. The maximum Gasteiger partial charge on any atom is 0.410 e. The van der Waals surface area contributed by atoms with Crippen molar-refractivity contribution in [3.8, 4) is 11.3 Å². The second-order valence-corrected chi connectivity index (χ2v) is 9.57. The van der Waals surface area contributed by atoms with Crippen molar-refractivity contribution in [2.24, 2.45) is 0 Å². The molecule has 2 heterocycles. The lowest BCUT2D eigenvalue weighted by Gasteiger charge is -2.36. The van der Waals surface area contributed by atoms with Crippen LogP contribution in [0.25, 0.3) is 16.8 Å². The van der Waals surface area contributed by atoms with Crippen molar-refractivity contribution in [3.63, 3.8) is 0 Å². The average molecular weight is 422 g/mol. The van der Waals surface area contributed by atoms with Gasteiger partial charge in [0, 0.05) is 31.7 Å². The van der Waals surface area contributed by atoms with Gasteiger partial charge in [-0.1, -0.05) is 44.2 Å². The van der Waals surface area contributed by atoms with Gasteiger partial charge in [0.1, 0.15) is 11.4 Å². The second-order valence-electron chi connectivity index (χ2n) is 9.57. The third-order valence-corrected chi connectivity index (χ3v) is 5.42. The number of aromatic nitrogens is 1. The Labute approximate surface area is 186 Å². The van der Waals surface area contributed by atoms with E-state index < -0.39 is 5.60 Å². The highest BCUT2D eigenvalue weighted by molar-refractivity contribution is 5.73. The van der Waals surface area contributed by atoms with Gasteiger partial charge < -0.3 is 14.5 Å². The Morgan fingerprint density at radius 2 is 1.77 bits per heavy atom. The van der Waals surface area contributed by atoms with Crippen molar-refractivity contribution in [2.75, 3.05) is 31.1 Å². The zero-order chi connectivity index (χ0) is 22.8. The summed E-state index contributed by atoms with van der Waals surface area (Å²) in [6.07, 6.45) is -0.244. The number of anilines is 1. The molecule has 166 valence electrons. The third kappa shape index (κ3) is 5.66. The van der Waals surface area contributed by atoms with Gasteiger partial charge in [0.25, 0.3) is 0 Å². The molecule has 1 saturated heterocycles. The molecule has 0 atom stereocenters. The molecule has 1 amide bonds. The van der Waals surface area contributed by atoms with E-state index in [2.05, 4.69) is 56.5 Å². The van der Waals surface area contributed by atoms with Crippen molar-refractivity contribution in [1.82, 2.24) is 9.88 Å². The lowest BCUT2D eigenvalue weighted by molar-refractivity contribution is 0.0240. The van der Waals surface area contributed by atoms with Crippen LogP contribution in [0.3, 0.4) is 0 Å². The summed E-state index contributed by atoms with van der Waals surface area (Å²) in [6.45, 7) is 19.0. The third-order valence-electron chi connectivity index (χ3n) is 5.42. The van der Waals surface area contributed by atoms with Gasteiger partial charge in [-0.3, -0.25) is 0 Å². The molecule has 5 heteroatoms. The zero-order valence-corrected chi connectivity index (χ0v) is 19.7. The van der Waals surface area contributed by atoms with E-state index in [1.54, 1.807) is 4.90 Å². The molecule has 1 aliphatic heterocycles. The number of rotatable bonds is 4. The molecule has 0 saturated carbocycles. The predicted octanol–water partition coefficient (Wildman–Crippen LogP) is 5.96. The summed E-state index contributed by atoms with van der Waals surface area (Å²) in [5, 5.41) is 0. The molecule has 2 aromatic rings. The molecule has 0 unspecified atom stereocenters. The Kier molecular flexibility index (Phi) is 6.73. The Balaban J connectivity index is 1.75. The largest absolute Gasteiger partial charge is 0.444 e. The number of piperazine rings is 1. The molecule has 1 aromatic heterocycles. The first-order chi connectivity index (χ1) is 14.5. The molecule has 31 heavy (non-hydrogen) atoms. The lowest BCUT2D eigenvalue weighted by Crippen LogP contribution is -2.50. The van der Waals surface area contributed by atoms with E-state index in [0.29, 0.717) is 19.0 Å². The highest BCUT2D eigenvalue weighted by Crippen LogP contribution is 2.30. The topological polar surface area (TPSA) is 45.7 Å². The van der Waals surface area contributed by atoms with Crippen LogP contribution in [0.1, 0.15) is 58.6 Å². The second kappa shape index (κ2) is 9.13. The predicted molar refractivity (Wildman–Crippen MR) is 128 cm³/mol. The number of carbonyl (C=O) groups excluding carboxylic acids is 1. The highest BCUT2D eigenvalue weighted by atomic mass is 16.6. The summed E-state index contributed by atoms with van der Waals surface area (Å²) >= 11 is 0. The maximum absolute atomic E-state index is 12.3. The molecular formula is C26H35N3O2. The van der Waals surface area contributed by atoms with Crippen molar-refractivity contribution >= 4 is 17.5 Å². The fourth-order valence-electron chi connectivity index (χ4n) is 3.79. The van der Waals surface area contributed by atoms with Crippen LogP contribution in [-0.2, 0) is 4.74 Å². The molecule has 0 N–H and O–H groups in total. The summed E-state index contributed by atoms with van der Waals surface area (Å²) in [7, 11) is 0. The molecule has 1 fully saturated rings. The normalized spacial score (nSPS) is 14.7. The minimum Gasteiger partial charge on any atom is -0.444 e. The van der Waals surface area contributed by atoms with E-state index in [4.69, 9.17) is 9.72 Å². The number of carbonyl (C=O) groups is 1. The molecule has 5 nitrogen and oxygen atoms in total.